The molecular weight excluding hydrogens is 462 g/mol. The van der Waals surface area contributed by atoms with Crippen molar-refractivity contribution in [2.24, 2.45) is 0 Å². The minimum absolute atomic E-state index is 0.220. The van der Waals surface area contributed by atoms with Crippen molar-refractivity contribution >= 4 is 38.7 Å². The van der Waals surface area contributed by atoms with Crippen molar-refractivity contribution in [3.05, 3.63) is 101 Å². The van der Waals surface area contributed by atoms with Crippen LogP contribution in [0.5, 0.6) is 0 Å². The molecule has 1 saturated heterocycles. The van der Waals surface area contributed by atoms with E-state index in [9.17, 15) is 13.2 Å². The predicted octanol–water partition coefficient (Wildman–Crippen LogP) is 4.44. The quantitative estimate of drug-likeness (QED) is 0.496. The summed E-state index contributed by atoms with van der Waals surface area (Å²) in [6.07, 6.45) is 3.02. The minimum atomic E-state index is -3.34. The third-order valence-corrected chi connectivity index (χ3v) is 7.23. The van der Waals surface area contributed by atoms with Gasteiger partial charge in [-0.05, 0) is 47.0 Å². The van der Waals surface area contributed by atoms with Crippen molar-refractivity contribution < 1.29 is 22.7 Å². The highest BCUT2D eigenvalue weighted by Crippen LogP contribution is 2.41. The van der Waals surface area contributed by atoms with Crippen molar-refractivity contribution in [1.29, 1.82) is 0 Å². The first-order valence-electron chi connectivity index (χ1n) is 11.4. The predicted molar refractivity (Wildman–Crippen MR) is 136 cm³/mol. The lowest BCUT2D eigenvalue weighted by molar-refractivity contribution is -0.131. The summed E-state index contributed by atoms with van der Waals surface area (Å²) in [5.74, 6) is -0.00495. The van der Waals surface area contributed by atoms with Crippen molar-refractivity contribution in [3.8, 4) is 0 Å². The number of hydrogen-bond donors (Lipinski definition) is 0. The number of allylic oxidation sites excluding steroid dienone is 1. The van der Waals surface area contributed by atoms with Gasteiger partial charge in [0.05, 0.1) is 23.7 Å². The lowest BCUT2D eigenvalue weighted by Gasteiger charge is -2.28. The largest absolute Gasteiger partial charge is 0.422 e. The Hall–Kier alpha value is -3.68. The molecule has 0 aromatic heterocycles. The van der Waals surface area contributed by atoms with Crippen LogP contribution in [0, 0.1) is 0 Å². The van der Waals surface area contributed by atoms with E-state index in [0.717, 1.165) is 43.1 Å². The van der Waals surface area contributed by atoms with Crippen molar-refractivity contribution in [1.82, 2.24) is 0 Å². The van der Waals surface area contributed by atoms with Gasteiger partial charge in [0.15, 0.2) is 9.84 Å². The molecule has 6 nitrogen and oxygen atoms in total. The van der Waals surface area contributed by atoms with Gasteiger partial charge in [-0.15, -0.1) is 0 Å². The zero-order chi connectivity index (χ0) is 24.4. The second-order valence-electron chi connectivity index (χ2n) is 8.50. The summed E-state index contributed by atoms with van der Waals surface area (Å²) < 4.78 is 35.1. The number of ether oxygens (including phenoxy) is 2. The molecule has 3 aromatic carbocycles. The van der Waals surface area contributed by atoms with Gasteiger partial charge in [-0.3, -0.25) is 0 Å². The van der Waals surface area contributed by atoms with E-state index in [1.54, 1.807) is 24.3 Å². The Labute approximate surface area is 205 Å². The van der Waals surface area contributed by atoms with Crippen LogP contribution in [0.2, 0.25) is 0 Å². The molecule has 0 unspecified atom stereocenters. The maximum Gasteiger partial charge on any atom is 0.344 e. The zero-order valence-corrected chi connectivity index (χ0v) is 20.1. The number of carbonyl (C=O) groups excluding carboxylic acids is 1. The van der Waals surface area contributed by atoms with Gasteiger partial charge in [0.2, 0.25) is 0 Å². The van der Waals surface area contributed by atoms with E-state index in [-0.39, 0.29) is 4.90 Å². The highest BCUT2D eigenvalue weighted by atomic mass is 32.2. The Bertz CT molecular complexity index is 1400. The Kier molecular flexibility index (Phi) is 6.28. The summed E-state index contributed by atoms with van der Waals surface area (Å²) >= 11 is 0. The zero-order valence-electron chi connectivity index (χ0n) is 19.3. The maximum atomic E-state index is 13.0. The summed E-state index contributed by atoms with van der Waals surface area (Å²) in [7, 11) is -3.34. The topological polar surface area (TPSA) is 72.9 Å². The molecule has 0 N–H and O–H groups in total. The molecule has 2 aliphatic rings. The second-order valence-corrected chi connectivity index (χ2v) is 10.5. The Balaban J connectivity index is 1.56. The molecule has 0 amide bonds. The van der Waals surface area contributed by atoms with Crippen molar-refractivity contribution in [2.45, 2.75) is 4.90 Å². The normalized spacial score (nSPS) is 17.7. The summed E-state index contributed by atoms with van der Waals surface area (Å²) in [5.41, 5.74) is 4.55. The van der Waals surface area contributed by atoms with Gasteiger partial charge in [0, 0.05) is 30.6 Å². The molecule has 0 bridgehead atoms. The number of nitrogens with zero attached hydrogens (tertiary/aromatic N) is 1. The molecule has 5 rings (SSSR count). The van der Waals surface area contributed by atoms with Crippen LogP contribution in [-0.2, 0) is 24.1 Å². The van der Waals surface area contributed by atoms with Crippen LogP contribution >= 0.6 is 0 Å². The number of morpholine rings is 1. The molecule has 1 fully saturated rings. The molecule has 35 heavy (non-hydrogen) atoms. The number of carbonyl (C=O) groups is 1. The first-order chi connectivity index (χ1) is 16.9. The molecule has 3 aromatic rings. The first-order valence-corrected chi connectivity index (χ1v) is 13.3. The van der Waals surface area contributed by atoms with Crippen LogP contribution in [0.15, 0.2) is 89.5 Å². The van der Waals surface area contributed by atoms with E-state index >= 15 is 0 Å². The smallest absolute Gasteiger partial charge is 0.344 e. The number of rotatable bonds is 5. The van der Waals surface area contributed by atoms with Crippen molar-refractivity contribution in [3.63, 3.8) is 0 Å². The molecule has 0 atom stereocenters. The van der Waals surface area contributed by atoms with Crippen molar-refractivity contribution in [2.75, 3.05) is 37.5 Å². The summed E-state index contributed by atoms with van der Waals surface area (Å²) in [5, 5.41) is 0. The third-order valence-electron chi connectivity index (χ3n) is 6.10. The van der Waals surface area contributed by atoms with E-state index in [0.29, 0.717) is 22.5 Å². The monoisotopic (exact) mass is 487 g/mol. The van der Waals surface area contributed by atoms with Crippen LogP contribution < -0.4 is 4.90 Å². The van der Waals surface area contributed by atoms with E-state index < -0.39 is 15.8 Å². The van der Waals surface area contributed by atoms with E-state index in [4.69, 9.17) is 9.47 Å². The van der Waals surface area contributed by atoms with Gasteiger partial charge < -0.3 is 14.4 Å². The third kappa shape index (κ3) is 4.92. The fourth-order valence-electron chi connectivity index (χ4n) is 4.31. The van der Waals surface area contributed by atoms with Gasteiger partial charge in [-0.2, -0.15) is 0 Å². The fraction of sp³-hybridized carbons (Fsp3) is 0.179. The number of sulfone groups is 1. The average molecular weight is 488 g/mol. The Morgan fingerprint density at radius 1 is 0.800 bits per heavy atom. The van der Waals surface area contributed by atoms with E-state index in [1.165, 1.54) is 6.26 Å². The second kappa shape index (κ2) is 9.52. The van der Waals surface area contributed by atoms with Gasteiger partial charge in [-0.1, -0.05) is 54.6 Å². The van der Waals surface area contributed by atoms with E-state index in [2.05, 4.69) is 17.0 Å². The molecule has 0 saturated carbocycles. The number of hydrogen-bond acceptors (Lipinski definition) is 6. The number of anilines is 1. The molecular formula is C28H25NO5S. The van der Waals surface area contributed by atoms with Crippen LogP contribution in [-0.4, -0.2) is 46.9 Å². The number of benzene rings is 3. The first kappa shape index (κ1) is 23.1. The molecule has 178 valence electrons. The molecule has 0 spiro atoms. The van der Waals surface area contributed by atoms with E-state index in [1.807, 2.05) is 48.5 Å². The molecule has 2 aliphatic heterocycles. The van der Waals surface area contributed by atoms with Crippen LogP contribution in [0.25, 0.3) is 17.2 Å². The fourth-order valence-corrected chi connectivity index (χ4v) is 4.94. The maximum absolute atomic E-state index is 13.0. The SMILES string of the molecule is CS(=O)(=O)c1ccc(C2=C(c3ccccc3)C(=O)O/C2=C\c2ccc(N3CCOCC3)cc2)cc1. The Morgan fingerprint density at radius 3 is 2.06 bits per heavy atom. The molecule has 0 radical (unpaired) electrons. The van der Waals surface area contributed by atoms with Gasteiger partial charge >= 0.3 is 5.97 Å². The summed E-state index contributed by atoms with van der Waals surface area (Å²) in [6, 6.07) is 24.0. The van der Waals surface area contributed by atoms with Gasteiger partial charge in [0.25, 0.3) is 0 Å². The van der Waals surface area contributed by atoms with Crippen LogP contribution in [0.4, 0.5) is 5.69 Å². The lowest BCUT2D eigenvalue weighted by atomic mass is 9.94. The summed E-state index contributed by atoms with van der Waals surface area (Å²) in [4.78, 5) is 15.5. The lowest BCUT2D eigenvalue weighted by Crippen LogP contribution is -2.36. The molecule has 0 aliphatic carbocycles. The number of esters is 1. The Morgan fingerprint density at radius 2 is 1.43 bits per heavy atom. The average Bonchev–Trinajstić information content (AvgIpc) is 3.20. The highest BCUT2D eigenvalue weighted by Gasteiger charge is 2.32. The molecule has 7 heteroatoms. The molecule has 2 heterocycles. The van der Waals surface area contributed by atoms with Gasteiger partial charge in [0.1, 0.15) is 5.76 Å². The summed E-state index contributed by atoms with van der Waals surface area (Å²) in [6.45, 7) is 3.15. The van der Waals surface area contributed by atoms with Gasteiger partial charge in [-0.25, -0.2) is 13.2 Å². The van der Waals surface area contributed by atoms with Crippen LogP contribution in [0.1, 0.15) is 16.7 Å². The standard InChI is InChI=1S/C28H25NO5S/c1-35(31,32)24-13-9-22(10-14-24)26-25(34-28(30)27(26)21-5-3-2-4-6-21)19-20-7-11-23(12-8-20)29-15-17-33-18-16-29/h2-14,19H,15-18H2,1H3/b25-19-. The minimum Gasteiger partial charge on any atom is -0.422 e. The highest BCUT2D eigenvalue weighted by molar-refractivity contribution is 7.90. The van der Waals surface area contributed by atoms with Crippen LogP contribution in [0.3, 0.4) is 0 Å². The number of cyclic esters (lactones) is 1.